The molecule has 0 radical (unpaired) electrons. The summed E-state index contributed by atoms with van der Waals surface area (Å²) in [5.41, 5.74) is 0.705. The van der Waals surface area contributed by atoms with Crippen LogP contribution in [0.4, 0.5) is 15.9 Å². The van der Waals surface area contributed by atoms with E-state index in [1.54, 1.807) is 0 Å². The largest absolute Gasteiger partial charge is 0.409 e. The SMILES string of the molecule is CSNCC(C)Nc1nonc1/C(=N/O)Nc1ccc(F)c(Br)c1. The third-order valence-corrected chi connectivity index (χ3v) is 3.98. The topological polar surface area (TPSA) is 108 Å². The summed E-state index contributed by atoms with van der Waals surface area (Å²) in [6.45, 7) is 2.62. The van der Waals surface area contributed by atoms with Gasteiger partial charge in [-0.05, 0) is 57.6 Å². The smallest absolute Gasteiger partial charge is 0.203 e. The number of aromatic nitrogens is 2. The van der Waals surface area contributed by atoms with Crippen LogP contribution in [-0.4, -0.2) is 40.2 Å². The Labute approximate surface area is 150 Å². The van der Waals surface area contributed by atoms with Gasteiger partial charge in [0.15, 0.2) is 5.69 Å². The quantitative estimate of drug-likeness (QED) is 0.178. The summed E-state index contributed by atoms with van der Waals surface area (Å²) in [5.74, 6) is -0.0576. The van der Waals surface area contributed by atoms with Crippen LogP contribution in [0.3, 0.4) is 0 Å². The fourth-order valence-corrected chi connectivity index (χ4v) is 2.57. The lowest BCUT2D eigenvalue weighted by atomic mass is 10.2. The maximum atomic E-state index is 13.3. The number of oxime groups is 1. The van der Waals surface area contributed by atoms with Gasteiger partial charge >= 0.3 is 0 Å². The van der Waals surface area contributed by atoms with Gasteiger partial charge in [0.1, 0.15) is 5.82 Å². The molecule has 0 bridgehead atoms. The molecule has 1 unspecified atom stereocenters. The Bertz CT molecular complexity index is 714. The Hall–Kier alpha value is -1.85. The van der Waals surface area contributed by atoms with Gasteiger partial charge in [-0.1, -0.05) is 17.1 Å². The number of benzene rings is 1. The van der Waals surface area contributed by atoms with E-state index in [0.29, 0.717) is 18.1 Å². The number of anilines is 2. The van der Waals surface area contributed by atoms with Crippen molar-refractivity contribution in [3.63, 3.8) is 0 Å². The molecule has 8 nitrogen and oxygen atoms in total. The summed E-state index contributed by atoms with van der Waals surface area (Å²) in [6, 6.07) is 4.31. The predicted molar refractivity (Wildman–Crippen MR) is 94.9 cm³/mol. The maximum absolute atomic E-state index is 13.3. The average molecular weight is 419 g/mol. The number of hydrogen-bond donors (Lipinski definition) is 4. The van der Waals surface area contributed by atoms with Crippen molar-refractivity contribution in [1.29, 1.82) is 0 Å². The van der Waals surface area contributed by atoms with Crippen LogP contribution in [0.15, 0.2) is 32.5 Å². The molecule has 0 fully saturated rings. The van der Waals surface area contributed by atoms with Crippen LogP contribution < -0.4 is 15.4 Å². The van der Waals surface area contributed by atoms with Gasteiger partial charge < -0.3 is 15.8 Å². The molecule has 0 aliphatic heterocycles. The molecule has 130 valence electrons. The third-order valence-electron chi connectivity index (χ3n) is 2.91. The van der Waals surface area contributed by atoms with Crippen LogP contribution in [0.25, 0.3) is 0 Å². The molecular weight excluding hydrogens is 403 g/mol. The molecule has 24 heavy (non-hydrogen) atoms. The Kier molecular flexibility index (Phi) is 6.82. The summed E-state index contributed by atoms with van der Waals surface area (Å²) in [4.78, 5) is 0. The molecule has 0 aliphatic rings. The molecule has 1 heterocycles. The highest BCUT2D eigenvalue weighted by atomic mass is 79.9. The molecular formula is C13H16BrFN6O2S. The van der Waals surface area contributed by atoms with E-state index in [2.05, 4.69) is 46.8 Å². The first-order valence-electron chi connectivity index (χ1n) is 6.84. The van der Waals surface area contributed by atoms with Gasteiger partial charge in [-0.2, -0.15) is 0 Å². The predicted octanol–water partition coefficient (Wildman–Crippen LogP) is 2.89. The molecule has 2 rings (SSSR count). The summed E-state index contributed by atoms with van der Waals surface area (Å²) in [7, 11) is 0. The lowest BCUT2D eigenvalue weighted by Crippen LogP contribution is -2.28. The van der Waals surface area contributed by atoms with Gasteiger partial charge in [0.05, 0.1) is 4.47 Å². The van der Waals surface area contributed by atoms with Gasteiger partial charge in [0.25, 0.3) is 0 Å². The van der Waals surface area contributed by atoms with Gasteiger partial charge in [0, 0.05) is 18.3 Å². The first-order valence-corrected chi connectivity index (χ1v) is 8.86. The lowest BCUT2D eigenvalue weighted by molar-refractivity contribution is 0.304. The molecule has 0 saturated carbocycles. The Morgan fingerprint density at radius 1 is 1.50 bits per heavy atom. The zero-order valence-electron chi connectivity index (χ0n) is 12.9. The minimum Gasteiger partial charge on any atom is -0.409 e. The molecule has 1 atom stereocenters. The summed E-state index contributed by atoms with van der Waals surface area (Å²) < 4.78 is 21.4. The number of halogens is 2. The van der Waals surface area contributed by atoms with Crippen molar-refractivity contribution in [3.8, 4) is 0 Å². The number of amidine groups is 1. The number of nitrogens with one attached hydrogen (secondary N) is 3. The molecule has 2 aromatic rings. The first kappa shape index (κ1) is 18.5. The summed E-state index contributed by atoms with van der Waals surface area (Å²) >= 11 is 4.59. The summed E-state index contributed by atoms with van der Waals surface area (Å²) in [6.07, 6.45) is 1.93. The molecule has 11 heteroatoms. The van der Waals surface area contributed by atoms with Crippen molar-refractivity contribution in [3.05, 3.63) is 34.2 Å². The zero-order valence-corrected chi connectivity index (χ0v) is 15.3. The zero-order chi connectivity index (χ0) is 17.5. The normalized spacial score (nSPS) is 12.9. The van der Waals surface area contributed by atoms with E-state index < -0.39 is 5.82 Å². The van der Waals surface area contributed by atoms with E-state index in [1.165, 1.54) is 30.1 Å². The minimum absolute atomic E-state index is 0.0160. The fourth-order valence-electron chi connectivity index (χ4n) is 1.77. The van der Waals surface area contributed by atoms with Crippen LogP contribution in [0.1, 0.15) is 12.6 Å². The Morgan fingerprint density at radius 2 is 2.29 bits per heavy atom. The summed E-state index contributed by atoms with van der Waals surface area (Å²) in [5, 5.41) is 25.9. The van der Waals surface area contributed by atoms with Crippen LogP contribution in [0, 0.1) is 5.82 Å². The molecule has 1 aromatic heterocycles. The Morgan fingerprint density at radius 3 is 2.96 bits per heavy atom. The second kappa shape index (κ2) is 8.85. The lowest BCUT2D eigenvalue weighted by Gasteiger charge is -2.13. The monoisotopic (exact) mass is 418 g/mol. The van der Waals surface area contributed by atoms with Crippen molar-refractivity contribution in [2.75, 3.05) is 23.4 Å². The van der Waals surface area contributed by atoms with Crippen LogP contribution in [-0.2, 0) is 0 Å². The minimum atomic E-state index is -0.399. The molecule has 0 aliphatic carbocycles. The molecule has 0 amide bonds. The maximum Gasteiger partial charge on any atom is 0.203 e. The second-order valence-electron chi connectivity index (χ2n) is 4.76. The van der Waals surface area contributed by atoms with E-state index in [4.69, 9.17) is 4.63 Å². The van der Waals surface area contributed by atoms with Crippen LogP contribution in [0.2, 0.25) is 0 Å². The average Bonchev–Trinajstić information content (AvgIpc) is 3.01. The highest BCUT2D eigenvalue weighted by molar-refractivity contribution is 9.10. The van der Waals surface area contributed by atoms with Crippen molar-refractivity contribution >= 4 is 45.2 Å². The standard InChI is InChI=1S/C13H16BrFN6O2S/c1-7(6-16-24-2)17-13-11(20-23-21-13)12(19-22)18-8-3-4-10(15)9(14)5-8/h3-5,7,16,22H,6H2,1-2H3,(H,17,21)(H,18,19). The van der Waals surface area contributed by atoms with Crippen molar-refractivity contribution in [1.82, 2.24) is 15.0 Å². The van der Waals surface area contributed by atoms with E-state index >= 15 is 0 Å². The molecule has 4 N–H and O–H groups in total. The van der Waals surface area contributed by atoms with Crippen LogP contribution in [0.5, 0.6) is 0 Å². The van der Waals surface area contributed by atoms with Gasteiger partial charge in [0.2, 0.25) is 11.7 Å². The van der Waals surface area contributed by atoms with E-state index in [0.717, 1.165) is 0 Å². The number of hydrogen-bond acceptors (Lipinski definition) is 8. The van der Waals surface area contributed by atoms with E-state index in [9.17, 15) is 9.60 Å². The van der Waals surface area contributed by atoms with Gasteiger partial charge in [-0.3, -0.25) is 4.72 Å². The number of rotatable bonds is 7. The highest BCUT2D eigenvalue weighted by Crippen LogP contribution is 2.21. The molecule has 0 saturated heterocycles. The fraction of sp³-hybridized carbons (Fsp3) is 0.308. The van der Waals surface area contributed by atoms with Gasteiger partial charge in [-0.15, -0.1) is 0 Å². The van der Waals surface area contributed by atoms with E-state index in [1.807, 2.05) is 13.2 Å². The molecule has 1 aromatic carbocycles. The van der Waals surface area contributed by atoms with Crippen molar-refractivity contribution in [2.24, 2.45) is 5.16 Å². The van der Waals surface area contributed by atoms with Crippen molar-refractivity contribution < 1.29 is 14.2 Å². The highest BCUT2D eigenvalue weighted by Gasteiger charge is 2.19. The number of nitrogens with zero attached hydrogens (tertiary/aromatic N) is 3. The van der Waals surface area contributed by atoms with Crippen LogP contribution >= 0.6 is 27.9 Å². The molecule has 0 spiro atoms. The first-order chi connectivity index (χ1) is 11.5. The second-order valence-corrected chi connectivity index (χ2v) is 6.31. The van der Waals surface area contributed by atoms with Crippen molar-refractivity contribution in [2.45, 2.75) is 13.0 Å². The van der Waals surface area contributed by atoms with E-state index in [-0.39, 0.29) is 22.0 Å². The van der Waals surface area contributed by atoms with Gasteiger partial charge in [-0.25, -0.2) is 9.02 Å². The Balaban J connectivity index is 2.14. The third kappa shape index (κ3) is 4.82.